The molecule has 2 aromatic carbocycles. The molecule has 0 radical (unpaired) electrons. The van der Waals surface area contributed by atoms with Crippen molar-refractivity contribution >= 4 is 60.6 Å². The summed E-state index contributed by atoms with van der Waals surface area (Å²) in [5, 5.41) is 0.603. The average molecular weight is 408 g/mol. The second kappa shape index (κ2) is 5.84. The van der Waals surface area contributed by atoms with E-state index in [1.807, 2.05) is 6.07 Å². The van der Waals surface area contributed by atoms with Crippen LogP contribution in [0.25, 0.3) is 10.1 Å². The Kier molecular flexibility index (Phi) is 4.23. The van der Waals surface area contributed by atoms with E-state index >= 15 is 0 Å². The van der Waals surface area contributed by atoms with Crippen LogP contribution >= 0.6 is 50.5 Å². The Morgan fingerprint density at radius 2 is 1.86 bits per heavy atom. The molecule has 3 aromatic rings. The molecule has 1 heterocycles. The number of hydrogen-bond acceptors (Lipinski definition) is 1. The van der Waals surface area contributed by atoms with E-state index in [9.17, 15) is 8.78 Å². The third kappa shape index (κ3) is 2.95. The summed E-state index contributed by atoms with van der Waals surface area (Å²) in [4.78, 5) is 0.745. The lowest BCUT2D eigenvalue weighted by molar-refractivity contribution is 0.612. The number of halogens is 5. The Morgan fingerprint density at radius 3 is 2.62 bits per heavy atom. The van der Waals surface area contributed by atoms with E-state index in [1.165, 1.54) is 35.6 Å². The smallest absolute Gasteiger partial charge is 0.129 e. The molecule has 1 atom stereocenters. The minimum Gasteiger partial charge on any atom is -0.207 e. The van der Waals surface area contributed by atoms with Gasteiger partial charge in [0.05, 0.1) is 10.4 Å². The standard InChI is InChI=1S/C15H7BrCl2F2S/c16-10-6-12(20)9(5-11(10)17)15(18)14-3-7-1-2-8(19)4-13(7)21-14/h1-6,15H. The van der Waals surface area contributed by atoms with Gasteiger partial charge in [-0.1, -0.05) is 17.7 Å². The van der Waals surface area contributed by atoms with Crippen LogP contribution in [-0.2, 0) is 0 Å². The van der Waals surface area contributed by atoms with Crippen LogP contribution in [0.3, 0.4) is 0 Å². The Bertz CT molecular complexity index is 832. The molecule has 0 saturated carbocycles. The van der Waals surface area contributed by atoms with Gasteiger partial charge in [-0.2, -0.15) is 0 Å². The highest BCUT2D eigenvalue weighted by molar-refractivity contribution is 9.10. The van der Waals surface area contributed by atoms with Gasteiger partial charge in [0, 0.05) is 19.6 Å². The van der Waals surface area contributed by atoms with Gasteiger partial charge < -0.3 is 0 Å². The minimum absolute atomic E-state index is 0.303. The highest BCUT2D eigenvalue weighted by Crippen LogP contribution is 2.40. The molecule has 0 spiro atoms. The zero-order valence-corrected chi connectivity index (χ0v) is 14.3. The summed E-state index contributed by atoms with van der Waals surface area (Å²) in [6, 6.07) is 9.15. The highest BCUT2D eigenvalue weighted by atomic mass is 79.9. The Hall–Kier alpha value is -0.680. The van der Waals surface area contributed by atoms with E-state index in [0.717, 1.165) is 15.0 Å². The molecule has 0 aliphatic carbocycles. The molecule has 0 aliphatic rings. The first-order chi connectivity index (χ1) is 9.95. The second-order valence-corrected chi connectivity index (χ2v) is 7.29. The molecule has 6 heteroatoms. The normalized spacial score (nSPS) is 12.8. The summed E-state index contributed by atoms with van der Waals surface area (Å²) in [6.45, 7) is 0. The summed E-state index contributed by atoms with van der Waals surface area (Å²) in [5.41, 5.74) is 0.303. The van der Waals surface area contributed by atoms with Gasteiger partial charge in [0.15, 0.2) is 0 Å². The van der Waals surface area contributed by atoms with Crippen molar-refractivity contribution in [2.75, 3.05) is 0 Å². The summed E-state index contributed by atoms with van der Waals surface area (Å²) in [5.74, 6) is -0.741. The zero-order valence-electron chi connectivity index (χ0n) is 10.3. The lowest BCUT2D eigenvalue weighted by Gasteiger charge is -2.10. The molecule has 0 bridgehead atoms. The Labute approximate surface area is 142 Å². The molecule has 3 rings (SSSR count). The zero-order chi connectivity index (χ0) is 15.1. The van der Waals surface area contributed by atoms with E-state index in [0.29, 0.717) is 15.1 Å². The van der Waals surface area contributed by atoms with Crippen LogP contribution < -0.4 is 0 Å². The molecule has 0 N–H and O–H groups in total. The molecule has 0 fully saturated rings. The van der Waals surface area contributed by atoms with Crippen LogP contribution in [0.2, 0.25) is 5.02 Å². The Balaban J connectivity index is 2.07. The maximum atomic E-state index is 14.1. The quantitative estimate of drug-likeness (QED) is 0.319. The number of alkyl halides is 1. The van der Waals surface area contributed by atoms with Crippen molar-refractivity contribution in [3.63, 3.8) is 0 Å². The largest absolute Gasteiger partial charge is 0.207 e. The SMILES string of the molecule is Fc1ccc2cc(C(Cl)c3cc(Cl)c(Br)cc3F)sc2c1. The summed E-state index contributed by atoms with van der Waals surface area (Å²) in [6.07, 6.45) is 0. The number of thiophene rings is 1. The maximum absolute atomic E-state index is 14.1. The first-order valence-corrected chi connectivity index (χ1v) is 8.35. The second-order valence-electron chi connectivity index (χ2n) is 4.48. The van der Waals surface area contributed by atoms with Gasteiger partial charge in [0.2, 0.25) is 0 Å². The number of benzene rings is 2. The van der Waals surface area contributed by atoms with Gasteiger partial charge in [-0.15, -0.1) is 22.9 Å². The van der Waals surface area contributed by atoms with Crippen LogP contribution in [0.4, 0.5) is 8.78 Å². The van der Waals surface area contributed by atoms with Crippen molar-refractivity contribution in [1.82, 2.24) is 0 Å². The fraction of sp³-hybridized carbons (Fsp3) is 0.0667. The predicted molar refractivity (Wildman–Crippen MR) is 88.6 cm³/mol. The predicted octanol–water partition coefficient (Wildman–Crippen LogP) is 6.92. The van der Waals surface area contributed by atoms with E-state index in [2.05, 4.69) is 15.9 Å². The maximum Gasteiger partial charge on any atom is 0.129 e. The van der Waals surface area contributed by atoms with Crippen LogP contribution in [-0.4, -0.2) is 0 Å². The molecule has 0 aliphatic heterocycles. The third-order valence-electron chi connectivity index (χ3n) is 3.06. The highest BCUT2D eigenvalue weighted by Gasteiger charge is 2.19. The van der Waals surface area contributed by atoms with Gasteiger partial charge in [0.25, 0.3) is 0 Å². The lowest BCUT2D eigenvalue weighted by Crippen LogP contribution is -1.95. The van der Waals surface area contributed by atoms with Gasteiger partial charge in [-0.05, 0) is 51.6 Å². The van der Waals surface area contributed by atoms with Gasteiger partial charge in [-0.3, -0.25) is 0 Å². The molecule has 0 amide bonds. The first-order valence-electron chi connectivity index (χ1n) is 5.93. The van der Waals surface area contributed by atoms with Crippen molar-refractivity contribution in [2.24, 2.45) is 0 Å². The van der Waals surface area contributed by atoms with Gasteiger partial charge in [-0.25, -0.2) is 8.78 Å². The van der Waals surface area contributed by atoms with E-state index < -0.39 is 11.2 Å². The van der Waals surface area contributed by atoms with Crippen LogP contribution in [0, 0.1) is 11.6 Å². The average Bonchev–Trinajstić information content (AvgIpc) is 2.85. The van der Waals surface area contributed by atoms with Crippen LogP contribution in [0.5, 0.6) is 0 Å². The minimum atomic E-state index is -0.670. The molecular weight excluding hydrogens is 401 g/mol. The van der Waals surface area contributed by atoms with Crippen molar-refractivity contribution in [2.45, 2.75) is 5.38 Å². The fourth-order valence-electron chi connectivity index (χ4n) is 2.04. The summed E-state index contributed by atoms with van der Waals surface area (Å²) < 4.78 is 28.5. The van der Waals surface area contributed by atoms with Crippen LogP contribution in [0.15, 0.2) is 40.9 Å². The van der Waals surface area contributed by atoms with E-state index in [4.69, 9.17) is 23.2 Å². The van der Waals surface area contributed by atoms with E-state index in [1.54, 1.807) is 6.07 Å². The lowest BCUT2D eigenvalue weighted by atomic mass is 10.1. The number of hydrogen-bond donors (Lipinski definition) is 0. The summed E-state index contributed by atoms with van der Waals surface area (Å²) in [7, 11) is 0. The molecule has 108 valence electrons. The van der Waals surface area contributed by atoms with Crippen molar-refractivity contribution in [3.05, 3.63) is 68.0 Å². The number of fused-ring (bicyclic) bond motifs is 1. The van der Waals surface area contributed by atoms with Gasteiger partial charge in [0.1, 0.15) is 11.6 Å². The van der Waals surface area contributed by atoms with Crippen molar-refractivity contribution in [1.29, 1.82) is 0 Å². The number of rotatable bonds is 2. The molecule has 0 nitrogen and oxygen atoms in total. The molecule has 1 aromatic heterocycles. The third-order valence-corrected chi connectivity index (χ3v) is 6.02. The molecule has 0 saturated heterocycles. The van der Waals surface area contributed by atoms with Crippen molar-refractivity contribution in [3.8, 4) is 0 Å². The molecule has 21 heavy (non-hydrogen) atoms. The Morgan fingerprint density at radius 1 is 1.10 bits per heavy atom. The van der Waals surface area contributed by atoms with Gasteiger partial charge >= 0.3 is 0 Å². The fourth-order valence-corrected chi connectivity index (χ4v) is 3.97. The molecular formula is C15H7BrCl2F2S. The topological polar surface area (TPSA) is 0 Å². The first kappa shape index (κ1) is 15.2. The van der Waals surface area contributed by atoms with E-state index in [-0.39, 0.29) is 5.82 Å². The molecule has 1 unspecified atom stereocenters. The van der Waals surface area contributed by atoms with Crippen LogP contribution in [0.1, 0.15) is 15.8 Å². The summed E-state index contributed by atoms with van der Waals surface area (Å²) >= 11 is 16.9. The monoisotopic (exact) mass is 406 g/mol. The van der Waals surface area contributed by atoms with Crippen molar-refractivity contribution < 1.29 is 8.78 Å².